The van der Waals surface area contributed by atoms with E-state index in [-0.39, 0.29) is 29.9 Å². The third-order valence-corrected chi connectivity index (χ3v) is 4.58. The summed E-state index contributed by atoms with van der Waals surface area (Å²) >= 11 is 0. The number of amides is 1. The van der Waals surface area contributed by atoms with Crippen LogP contribution in [0.1, 0.15) is 32.8 Å². The van der Waals surface area contributed by atoms with Crippen molar-refractivity contribution in [2.75, 3.05) is 7.05 Å². The lowest BCUT2D eigenvalue weighted by Crippen LogP contribution is -2.36. The maximum atomic E-state index is 12.4. The Morgan fingerprint density at radius 3 is 2.47 bits per heavy atom. The number of rotatable bonds is 7. The van der Waals surface area contributed by atoms with E-state index in [2.05, 4.69) is 40.0 Å². The second kappa shape index (κ2) is 12.0. The molecule has 0 aliphatic heterocycles. The standard InChI is InChI=1S/C23H26N4O2.HI/c1-17-7-3-4-9-20(17)15-27-23(24-2)26-14-18-8-5-10-19(13-18)22(28)25-16-21-11-6-12-29-21;/h3-13H,14-16H2,1-2H3,(H,25,28)(H2,24,26,27);1H. The van der Waals surface area contributed by atoms with Crippen molar-refractivity contribution in [2.45, 2.75) is 26.6 Å². The number of guanidine groups is 1. The molecule has 6 nitrogen and oxygen atoms in total. The quantitative estimate of drug-likeness (QED) is 0.251. The number of aliphatic imine (C=N–C) groups is 1. The van der Waals surface area contributed by atoms with Crippen molar-refractivity contribution in [3.05, 3.63) is 94.9 Å². The second-order valence-electron chi connectivity index (χ2n) is 6.67. The fourth-order valence-corrected chi connectivity index (χ4v) is 2.90. The van der Waals surface area contributed by atoms with Gasteiger partial charge in [0.2, 0.25) is 0 Å². The molecule has 0 aliphatic carbocycles. The van der Waals surface area contributed by atoms with E-state index in [1.54, 1.807) is 25.4 Å². The minimum Gasteiger partial charge on any atom is -0.467 e. The smallest absolute Gasteiger partial charge is 0.251 e. The number of halogens is 1. The van der Waals surface area contributed by atoms with Gasteiger partial charge in [0.15, 0.2) is 5.96 Å². The Morgan fingerprint density at radius 2 is 1.73 bits per heavy atom. The molecule has 2 aromatic carbocycles. The SMILES string of the molecule is CN=C(NCc1cccc(C(=O)NCc2ccco2)c1)NCc1ccccc1C.I. The second-order valence-corrected chi connectivity index (χ2v) is 6.67. The number of carbonyl (C=O) groups excluding carboxylic acids is 1. The molecule has 0 spiro atoms. The Kier molecular flexibility index (Phi) is 9.40. The molecule has 0 aliphatic rings. The topological polar surface area (TPSA) is 78.7 Å². The molecule has 0 saturated heterocycles. The van der Waals surface area contributed by atoms with Gasteiger partial charge in [-0.15, -0.1) is 24.0 Å². The summed E-state index contributed by atoms with van der Waals surface area (Å²) in [5, 5.41) is 9.47. The van der Waals surface area contributed by atoms with Crippen molar-refractivity contribution in [1.82, 2.24) is 16.0 Å². The van der Waals surface area contributed by atoms with E-state index in [1.807, 2.05) is 36.4 Å². The number of hydrogen-bond acceptors (Lipinski definition) is 3. The van der Waals surface area contributed by atoms with Crippen molar-refractivity contribution in [2.24, 2.45) is 4.99 Å². The highest BCUT2D eigenvalue weighted by molar-refractivity contribution is 14.0. The predicted molar refractivity (Wildman–Crippen MR) is 130 cm³/mol. The van der Waals surface area contributed by atoms with Crippen LogP contribution in [0.3, 0.4) is 0 Å². The number of hydrogen-bond donors (Lipinski definition) is 3. The molecule has 158 valence electrons. The molecule has 0 unspecified atom stereocenters. The van der Waals surface area contributed by atoms with Gasteiger partial charge in [-0.2, -0.15) is 0 Å². The van der Waals surface area contributed by atoms with E-state index in [0.29, 0.717) is 31.2 Å². The number of nitrogens with one attached hydrogen (secondary N) is 3. The highest BCUT2D eigenvalue weighted by atomic mass is 127. The van der Waals surface area contributed by atoms with Gasteiger partial charge in [-0.1, -0.05) is 36.4 Å². The molecule has 3 rings (SSSR count). The van der Waals surface area contributed by atoms with Crippen molar-refractivity contribution in [3.63, 3.8) is 0 Å². The van der Waals surface area contributed by atoms with Crippen molar-refractivity contribution in [3.8, 4) is 0 Å². The molecule has 0 bridgehead atoms. The molecule has 30 heavy (non-hydrogen) atoms. The van der Waals surface area contributed by atoms with Crippen LogP contribution in [0.25, 0.3) is 0 Å². The predicted octanol–water partition coefficient (Wildman–Crippen LogP) is 4.00. The molecule has 3 aromatic rings. The van der Waals surface area contributed by atoms with E-state index in [4.69, 9.17) is 4.42 Å². The van der Waals surface area contributed by atoms with Gasteiger partial charge in [0.1, 0.15) is 5.76 Å². The first-order valence-corrected chi connectivity index (χ1v) is 9.54. The van der Waals surface area contributed by atoms with Crippen LogP contribution in [0.5, 0.6) is 0 Å². The van der Waals surface area contributed by atoms with Gasteiger partial charge in [-0.25, -0.2) is 0 Å². The monoisotopic (exact) mass is 518 g/mol. The van der Waals surface area contributed by atoms with E-state index < -0.39 is 0 Å². The molecule has 0 fully saturated rings. The van der Waals surface area contributed by atoms with Gasteiger partial charge < -0.3 is 20.4 Å². The van der Waals surface area contributed by atoms with E-state index in [0.717, 1.165) is 11.3 Å². The molecule has 1 amide bonds. The minimum atomic E-state index is -0.134. The zero-order valence-corrected chi connectivity index (χ0v) is 19.5. The highest BCUT2D eigenvalue weighted by Crippen LogP contribution is 2.08. The van der Waals surface area contributed by atoms with Crippen LogP contribution in [-0.4, -0.2) is 18.9 Å². The van der Waals surface area contributed by atoms with Crippen LogP contribution in [0.2, 0.25) is 0 Å². The maximum absolute atomic E-state index is 12.4. The summed E-state index contributed by atoms with van der Waals surface area (Å²) in [5.74, 6) is 1.30. The first kappa shape index (κ1) is 23.5. The molecule has 0 saturated carbocycles. The lowest BCUT2D eigenvalue weighted by Gasteiger charge is -2.13. The summed E-state index contributed by atoms with van der Waals surface area (Å²) in [6, 6.07) is 19.4. The average Bonchev–Trinajstić information content (AvgIpc) is 3.27. The Hall–Kier alpha value is -2.81. The third-order valence-electron chi connectivity index (χ3n) is 4.58. The van der Waals surface area contributed by atoms with Crippen LogP contribution < -0.4 is 16.0 Å². The first-order valence-electron chi connectivity index (χ1n) is 9.54. The third kappa shape index (κ3) is 6.91. The summed E-state index contributed by atoms with van der Waals surface area (Å²) < 4.78 is 5.24. The fraction of sp³-hybridized carbons (Fsp3) is 0.217. The summed E-state index contributed by atoms with van der Waals surface area (Å²) in [7, 11) is 1.74. The lowest BCUT2D eigenvalue weighted by molar-refractivity contribution is 0.0948. The molecular weight excluding hydrogens is 491 g/mol. The Labute approximate surface area is 194 Å². The van der Waals surface area contributed by atoms with Gasteiger partial charge in [-0.3, -0.25) is 9.79 Å². The Morgan fingerprint density at radius 1 is 0.933 bits per heavy atom. The van der Waals surface area contributed by atoms with Gasteiger partial charge in [0.05, 0.1) is 12.8 Å². The summed E-state index contributed by atoms with van der Waals surface area (Å²) in [6.07, 6.45) is 1.59. The van der Waals surface area contributed by atoms with E-state index >= 15 is 0 Å². The molecule has 1 heterocycles. The number of benzene rings is 2. The Bertz CT molecular complexity index is 971. The van der Waals surface area contributed by atoms with Gasteiger partial charge >= 0.3 is 0 Å². The zero-order chi connectivity index (χ0) is 20.5. The summed E-state index contributed by atoms with van der Waals surface area (Å²) in [6.45, 7) is 3.72. The molecule has 1 aromatic heterocycles. The van der Waals surface area contributed by atoms with Gasteiger partial charge in [-0.05, 0) is 47.9 Å². The minimum absolute atomic E-state index is 0. The number of furan rings is 1. The maximum Gasteiger partial charge on any atom is 0.251 e. The molecule has 0 atom stereocenters. The molecule has 3 N–H and O–H groups in total. The number of nitrogens with zero attached hydrogens (tertiary/aromatic N) is 1. The largest absolute Gasteiger partial charge is 0.467 e. The highest BCUT2D eigenvalue weighted by Gasteiger charge is 2.07. The summed E-state index contributed by atoms with van der Waals surface area (Å²) in [5.41, 5.74) is 4.07. The molecule has 7 heteroatoms. The van der Waals surface area contributed by atoms with Gasteiger partial charge in [0.25, 0.3) is 5.91 Å². The lowest BCUT2D eigenvalue weighted by atomic mass is 10.1. The zero-order valence-electron chi connectivity index (χ0n) is 17.1. The van der Waals surface area contributed by atoms with Crippen LogP contribution in [0.15, 0.2) is 76.3 Å². The van der Waals surface area contributed by atoms with Crippen LogP contribution in [0.4, 0.5) is 0 Å². The van der Waals surface area contributed by atoms with Crippen LogP contribution >= 0.6 is 24.0 Å². The van der Waals surface area contributed by atoms with Crippen LogP contribution in [-0.2, 0) is 19.6 Å². The molecule has 0 radical (unpaired) electrons. The van der Waals surface area contributed by atoms with Crippen LogP contribution in [0, 0.1) is 6.92 Å². The first-order chi connectivity index (χ1) is 14.2. The molecular formula is C23H27IN4O2. The number of carbonyl (C=O) groups is 1. The van der Waals surface area contributed by atoms with Gasteiger partial charge in [0, 0.05) is 25.7 Å². The number of aryl methyl sites for hydroxylation is 1. The average molecular weight is 518 g/mol. The van der Waals surface area contributed by atoms with E-state index in [1.165, 1.54) is 11.1 Å². The Balaban J connectivity index is 0.00000320. The fourth-order valence-electron chi connectivity index (χ4n) is 2.90. The van der Waals surface area contributed by atoms with Crippen molar-refractivity contribution < 1.29 is 9.21 Å². The van der Waals surface area contributed by atoms with E-state index in [9.17, 15) is 4.79 Å². The normalized spacial score (nSPS) is 10.8. The summed E-state index contributed by atoms with van der Waals surface area (Å²) in [4.78, 5) is 16.6. The van der Waals surface area contributed by atoms with Crippen molar-refractivity contribution in [1.29, 1.82) is 0 Å². The van der Waals surface area contributed by atoms with Crippen molar-refractivity contribution >= 4 is 35.8 Å².